The smallest absolute Gasteiger partial charge is 0.276 e. The van der Waals surface area contributed by atoms with E-state index in [-0.39, 0.29) is 37.0 Å². The zero-order chi connectivity index (χ0) is 24.0. The number of aromatic hydroxyl groups is 1. The van der Waals surface area contributed by atoms with E-state index in [2.05, 4.69) is 5.32 Å². The minimum Gasteiger partial charge on any atom is -0.503 e. The SMILES string of the molecule is O=C(NCc1ccc(F)cc1F)c1cn2c(c(O)c1=O)C(=O)N1C[C@H](c3ccccc3)OC1C2. The van der Waals surface area contributed by atoms with Gasteiger partial charge in [-0.2, -0.15) is 0 Å². The van der Waals surface area contributed by atoms with E-state index in [0.717, 1.165) is 11.6 Å². The molecule has 2 aliphatic heterocycles. The number of nitrogens with one attached hydrogen (secondary N) is 1. The summed E-state index contributed by atoms with van der Waals surface area (Å²) in [5, 5.41) is 12.9. The summed E-state index contributed by atoms with van der Waals surface area (Å²) in [6, 6.07) is 12.3. The zero-order valence-corrected chi connectivity index (χ0v) is 17.7. The van der Waals surface area contributed by atoms with Crippen molar-refractivity contribution < 1.29 is 28.2 Å². The van der Waals surface area contributed by atoms with Crippen molar-refractivity contribution in [1.82, 2.24) is 14.8 Å². The quantitative estimate of drug-likeness (QED) is 0.614. The van der Waals surface area contributed by atoms with Crippen LogP contribution in [0.4, 0.5) is 8.78 Å². The van der Waals surface area contributed by atoms with Gasteiger partial charge in [0.1, 0.15) is 23.3 Å². The molecular weight excluding hydrogens is 448 g/mol. The van der Waals surface area contributed by atoms with Crippen LogP contribution in [0.2, 0.25) is 0 Å². The Bertz CT molecular complexity index is 1360. The first-order valence-electron chi connectivity index (χ1n) is 10.5. The van der Waals surface area contributed by atoms with E-state index in [9.17, 15) is 28.3 Å². The van der Waals surface area contributed by atoms with Crippen molar-refractivity contribution in [2.45, 2.75) is 25.4 Å². The van der Waals surface area contributed by atoms with Crippen molar-refractivity contribution in [3.8, 4) is 5.75 Å². The molecule has 1 fully saturated rings. The van der Waals surface area contributed by atoms with Gasteiger partial charge >= 0.3 is 0 Å². The predicted molar refractivity (Wildman–Crippen MR) is 115 cm³/mol. The minimum atomic E-state index is -1.02. The lowest BCUT2D eigenvalue weighted by atomic mass is 10.1. The van der Waals surface area contributed by atoms with E-state index in [1.807, 2.05) is 30.3 Å². The van der Waals surface area contributed by atoms with Crippen LogP contribution in [0, 0.1) is 11.6 Å². The molecular formula is C24H19F2N3O5. The Morgan fingerprint density at radius 1 is 1.12 bits per heavy atom. The van der Waals surface area contributed by atoms with Crippen molar-refractivity contribution in [2.75, 3.05) is 6.54 Å². The van der Waals surface area contributed by atoms with Gasteiger partial charge in [-0.3, -0.25) is 14.4 Å². The van der Waals surface area contributed by atoms with Crippen LogP contribution in [0.25, 0.3) is 0 Å². The number of rotatable bonds is 4. The second-order valence-electron chi connectivity index (χ2n) is 8.09. The highest BCUT2D eigenvalue weighted by atomic mass is 19.1. The molecule has 10 heteroatoms. The summed E-state index contributed by atoms with van der Waals surface area (Å²) in [6.45, 7) is 0.0574. The van der Waals surface area contributed by atoms with Crippen LogP contribution in [0.3, 0.4) is 0 Å². The molecule has 2 atom stereocenters. The Morgan fingerprint density at radius 2 is 1.88 bits per heavy atom. The van der Waals surface area contributed by atoms with Gasteiger partial charge in [0.2, 0.25) is 5.43 Å². The monoisotopic (exact) mass is 467 g/mol. The van der Waals surface area contributed by atoms with E-state index in [4.69, 9.17) is 4.74 Å². The summed E-state index contributed by atoms with van der Waals surface area (Å²) in [5.41, 5.74) is -0.744. The van der Waals surface area contributed by atoms with Crippen molar-refractivity contribution in [3.05, 3.63) is 99.0 Å². The average molecular weight is 467 g/mol. The number of halogens is 2. The molecule has 0 aliphatic carbocycles. The third-order valence-corrected chi connectivity index (χ3v) is 5.97. The van der Waals surface area contributed by atoms with Crippen molar-refractivity contribution >= 4 is 11.8 Å². The highest BCUT2D eigenvalue weighted by Crippen LogP contribution is 2.34. The van der Waals surface area contributed by atoms with Gasteiger partial charge in [-0.15, -0.1) is 0 Å². The van der Waals surface area contributed by atoms with Crippen molar-refractivity contribution in [3.63, 3.8) is 0 Å². The number of pyridine rings is 1. The lowest BCUT2D eigenvalue weighted by molar-refractivity contribution is -0.0153. The lowest BCUT2D eigenvalue weighted by Gasteiger charge is -2.31. The number of aromatic nitrogens is 1. The second kappa shape index (κ2) is 8.38. The third kappa shape index (κ3) is 3.71. The molecule has 8 nitrogen and oxygen atoms in total. The summed E-state index contributed by atoms with van der Waals surface area (Å²) in [5.74, 6) is -3.89. The van der Waals surface area contributed by atoms with Crippen LogP contribution >= 0.6 is 0 Å². The molecule has 174 valence electrons. The lowest BCUT2D eigenvalue weighted by Crippen LogP contribution is -2.46. The van der Waals surface area contributed by atoms with Gasteiger partial charge in [0.25, 0.3) is 11.8 Å². The Balaban J connectivity index is 1.39. The highest BCUT2D eigenvalue weighted by Gasteiger charge is 2.43. The summed E-state index contributed by atoms with van der Waals surface area (Å²) in [7, 11) is 0. The number of nitrogens with zero attached hydrogens (tertiary/aromatic N) is 2. The Kier molecular flexibility index (Phi) is 5.37. The topological polar surface area (TPSA) is 101 Å². The van der Waals surface area contributed by atoms with E-state index in [0.29, 0.717) is 6.07 Å². The Labute approximate surface area is 192 Å². The fourth-order valence-electron chi connectivity index (χ4n) is 4.23. The standard InChI is InChI=1S/C24H19F2N3O5/c25-15-7-6-14(17(26)8-15)9-27-23(32)16-10-28-12-19-29(24(33)20(28)22(31)21(16)30)11-18(34-19)13-4-2-1-3-5-13/h1-8,10,18-19,31H,9,11-12H2,(H,27,32)/t18-,19?/m1/s1. The van der Waals surface area contributed by atoms with E-state index in [1.54, 1.807) is 0 Å². The van der Waals surface area contributed by atoms with Gasteiger partial charge in [0.05, 0.1) is 13.1 Å². The van der Waals surface area contributed by atoms with E-state index < -0.39 is 46.4 Å². The number of carbonyl (C=O) groups excluding carboxylic acids is 2. The molecule has 34 heavy (non-hydrogen) atoms. The van der Waals surface area contributed by atoms with Crippen LogP contribution in [0.15, 0.2) is 59.5 Å². The van der Waals surface area contributed by atoms with Crippen LogP contribution in [0.5, 0.6) is 5.75 Å². The molecule has 3 heterocycles. The third-order valence-electron chi connectivity index (χ3n) is 5.97. The van der Waals surface area contributed by atoms with Crippen molar-refractivity contribution in [1.29, 1.82) is 0 Å². The number of amides is 2. The second-order valence-corrected chi connectivity index (χ2v) is 8.09. The predicted octanol–water partition coefficient (Wildman–Crippen LogP) is 2.32. The molecule has 2 aliphatic rings. The molecule has 0 saturated carbocycles. The van der Waals surface area contributed by atoms with Crippen molar-refractivity contribution in [2.24, 2.45) is 0 Å². The number of carbonyl (C=O) groups is 2. The summed E-state index contributed by atoms with van der Waals surface area (Å²) in [4.78, 5) is 39.8. The fraction of sp³-hybridized carbons (Fsp3) is 0.208. The summed E-state index contributed by atoms with van der Waals surface area (Å²) in [6.07, 6.45) is 0.172. The minimum absolute atomic E-state index is 0.0224. The molecule has 5 rings (SSSR count). The molecule has 2 aromatic carbocycles. The number of hydrogen-bond donors (Lipinski definition) is 2. The molecule has 1 saturated heterocycles. The molecule has 3 aromatic rings. The summed E-state index contributed by atoms with van der Waals surface area (Å²) < 4.78 is 34.3. The van der Waals surface area contributed by atoms with Gasteiger partial charge < -0.3 is 24.6 Å². The van der Waals surface area contributed by atoms with Gasteiger partial charge in [-0.05, 0) is 11.6 Å². The maximum absolute atomic E-state index is 13.8. The number of ether oxygens (including phenoxy) is 1. The van der Waals surface area contributed by atoms with Crippen LogP contribution in [-0.2, 0) is 17.8 Å². The molecule has 0 radical (unpaired) electrons. The summed E-state index contributed by atoms with van der Waals surface area (Å²) >= 11 is 0. The first kappa shape index (κ1) is 21.8. The molecule has 2 amide bonds. The van der Waals surface area contributed by atoms with Gasteiger partial charge in [-0.25, -0.2) is 8.78 Å². The normalized spacial score (nSPS) is 19.0. The number of benzene rings is 2. The van der Waals surface area contributed by atoms with Crippen LogP contribution in [-0.4, -0.2) is 39.2 Å². The van der Waals surface area contributed by atoms with Crippen LogP contribution in [0.1, 0.15) is 38.1 Å². The average Bonchev–Trinajstić information content (AvgIpc) is 3.26. The molecule has 0 spiro atoms. The van der Waals surface area contributed by atoms with E-state index >= 15 is 0 Å². The molecule has 1 aromatic heterocycles. The highest BCUT2D eigenvalue weighted by molar-refractivity contribution is 5.99. The zero-order valence-electron chi connectivity index (χ0n) is 17.7. The number of fused-ring (bicyclic) bond motifs is 2. The van der Waals surface area contributed by atoms with Crippen LogP contribution < -0.4 is 10.7 Å². The largest absolute Gasteiger partial charge is 0.503 e. The Morgan fingerprint density at radius 3 is 2.62 bits per heavy atom. The Hall–Kier alpha value is -4.05. The molecule has 0 bridgehead atoms. The van der Waals surface area contributed by atoms with Gasteiger partial charge in [0, 0.05) is 24.4 Å². The molecule has 1 unspecified atom stereocenters. The first-order chi connectivity index (χ1) is 16.3. The fourth-order valence-corrected chi connectivity index (χ4v) is 4.23. The first-order valence-corrected chi connectivity index (χ1v) is 10.5. The maximum atomic E-state index is 13.8. The van der Waals surface area contributed by atoms with Gasteiger partial charge in [0.15, 0.2) is 17.7 Å². The maximum Gasteiger partial charge on any atom is 0.276 e. The van der Waals surface area contributed by atoms with E-state index in [1.165, 1.54) is 21.7 Å². The molecule has 2 N–H and O–H groups in total. The number of hydrogen-bond acceptors (Lipinski definition) is 5. The van der Waals surface area contributed by atoms with Gasteiger partial charge in [-0.1, -0.05) is 36.4 Å².